The van der Waals surface area contributed by atoms with E-state index < -0.39 is 27.9 Å². The van der Waals surface area contributed by atoms with Crippen LogP contribution in [0.5, 0.6) is 17.2 Å². The molecule has 2 aromatic carbocycles. The van der Waals surface area contributed by atoms with Gasteiger partial charge in [0, 0.05) is 19.9 Å². The van der Waals surface area contributed by atoms with Crippen molar-refractivity contribution in [3.05, 3.63) is 77.8 Å². The van der Waals surface area contributed by atoms with E-state index in [4.69, 9.17) is 14.2 Å². The van der Waals surface area contributed by atoms with Gasteiger partial charge >= 0.3 is 5.97 Å². The second-order valence-electron chi connectivity index (χ2n) is 9.79. The van der Waals surface area contributed by atoms with E-state index in [1.165, 1.54) is 84.0 Å². The fourth-order valence-corrected chi connectivity index (χ4v) is 13.3. The minimum absolute atomic E-state index is 0.0946. The lowest BCUT2D eigenvalue weighted by molar-refractivity contribution is -0.165. The highest BCUT2D eigenvalue weighted by Gasteiger charge is 2.70. The van der Waals surface area contributed by atoms with E-state index in [1.54, 1.807) is 42.3 Å². The predicted octanol–water partition coefficient (Wildman–Crippen LogP) is 4.46. The summed E-state index contributed by atoms with van der Waals surface area (Å²) in [6.07, 6.45) is 3.88. The molecule has 0 unspecified atom stereocenters. The Balaban J connectivity index is 1.40. The monoisotopic (exact) mass is 632 g/mol. The summed E-state index contributed by atoms with van der Waals surface area (Å²) in [6, 6.07) is 9.94. The van der Waals surface area contributed by atoms with Crippen molar-refractivity contribution in [2.24, 2.45) is 0 Å². The molecule has 7 rings (SSSR count). The van der Waals surface area contributed by atoms with Gasteiger partial charge in [0.1, 0.15) is 11.9 Å². The number of phenolic OH excluding ortho intramolecular Hbond substituents is 2. The van der Waals surface area contributed by atoms with Crippen LogP contribution >= 0.6 is 41.2 Å². The molecule has 0 aliphatic carbocycles. The second-order valence-corrected chi connectivity index (χ2v) is 16.0. The number of ether oxygens (including phenoxy) is 3. The van der Waals surface area contributed by atoms with Crippen LogP contribution in [0.4, 0.5) is 0 Å². The van der Waals surface area contributed by atoms with Gasteiger partial charge in [-0.3, -0.25) is 9.59 Å². The Morgan fingerprint density at radius 2 is 1.85 bits per heavy atom. The minimum atomic E-state index is -1.29. The zero-order chi connectivity index (χ0) is 28.9. The molecule has 2 amide bonds. The van der Waals surface area contributed by atoms with Crippen molar-refractivity contribution in [2.45, 2.75) is 34.7 Å². The van der Waals surface area contributed by atoms with E-state index >= 15 is 0 Å². The van der Waals surface area contributed by atoms with Gasteiger partial charge in [-0.15, -0.1) is 0 Å². The van der Waals surface area contributed by atoms with Gasteiger partial charge in [0.05, 0.1) is 31.2 Å². The summed E-state index contributed by atoms with van der Waals surface area (Å²) in [7, 11) is 8.53. The van der Waals surface area contributed by atoms with E-state index in [-0.39, 0.29) is 47.5 Å². The first-order chi connectivity index (χ1) is 19.7. The van der Waals surface area contributed by atoms with Gasteiger partial charge in [0.25, 0.3) is 11.8 Å². The number of carbonyl (C=O) groups is 3. The van der Waals surface area contributed by atoms with Crippen LogP contribution in [-0.2, 0) is 25.5 Å². The molecule has 5 aliphatic rings. The van der Waals surface area contributed by atoms with Crippen molar-refractivity contribution in [1.82, 2.24) is 9.80 Å². The zero-order valence-corrected chi connectivity index (χ0v) is 25.0. The van der Waals surface area contributed by atoms with Gasteiger partial charge in [-0.05, 0) is 88.8 Å². The molecule has 5 heterocycles. The molecular weight excluding hydrogens is 609 g/mol. The van der Waals surface area contributed by atoms with Gasteiger partial charge in [0.2, 0.25) is 0 Å². The fourth-order valence-electron chi connectivity index (χ4n) is 5.47. The average molecular weight is 633 g/mol. The lowest BCUT2D eigenvalue weighted by Crippen LogP contribution is -2.74. The molecule has 0 saturated carbocycles. The number of carbonyl (C=O) groups excluding carboxylic acids is 3. The summed E-state index contributed by atoms with van der Waals surface area (Å²) in [5.41, 5.74) is 1.51. The summed E-state index contributed by atoms with van der Waals surface area (Å²) in [6.45, 7) is 0. The number of amides is 2. The van der Waals surface area contributed by atoms with Crippen LogP contribution in [0, 0.1) is 0 Å². The fraction of sp³-hybridized carbons (Fsp3) is 0.296. The van der Waals surface area contributed by atoms with Crippen molar-refractivity contribution in [2.75, 3.05) is 14.2 Å². The Morgan fingerprint density at radius 1 is 1.10 bits per heavy atom. The second kappa shape index (κ2) is 10.6. The Labute approximate surface area is 250 Å². The van der Waals surface area contributed by atoms with Gasteiger partial charge < -0.3 is 34.2 Å². The quantitative estimate of drug-likeness (QED) is 0.357. The smallest absolute Gasteiger partial charge is 0.338 e. The number of benzene rings is 2. The molecule has 4 fully saturated rings. The van der Waals surface area contributed by atoms with Crippen LogP contribution < -0.4 is 4.74 Å². The third-order valence-corrected chi connectivity index (χ3v) is 14.8. The van der Waals surface area contributed by atoms with Crippen LogP contribution in [0.3, 0.4) is 0 Å². The van der Waals surface area contributed by atoms with Gasteiger partial charge in [-0.2, -0.15) is 0 Å². The van der Waals surface area contributed by atoms with Crippen molar-refractivity contribution in [3.8, 4) is 17.2 Å². The molecule has 41 heavy (non-hydrogen) atoms. The van der Waals surface area contributed by atoms with E-state index in [0.717, 1.165) is 5.56 Å². The predicted molar refractivity (Wildman–Crippen MR) is 158 cm³/mol. The zero-order valence-electron chi connectivity index (χ0n) is 21.7. The minimum Gasteiger partial charge on any atom is -0.508 e. The van der Waals surface area contributed by atoms with E-state index in [0.29, 0.717) is 5.57 Å². The normalized spacial score (nSPS) is 28.6. The molecule has 10 nitrogen and oxygen atoms in total. The number of rotatable bonds is 5. The van der Waals surface area contributed by atoms with Crippen LogP contribution in [-0.4, -0.2) is 73.8 Å². The number of nitrogens with zero attached hydrogens (tertiary/aromatic N) is 2. The summed E-state index contributed by atoms with van der Waals surface area (Å²) < 4.78 is 16.6. The van der Waals surface area contributed by atoms with Gasteiger partial charge in [-0.1, -0.05) is 12.1 Å². The number of fused-ring (bicyclic) bond motifs is 5. The molecule has 2 aromatic rings. The maximum absolute atomic E-state index is 14.7. The number of methoxy groups -OCH3 is 1. The van der Waals surface area contributed by atoms with Crippen molar-refractivity contribution in [3.63, 3.8) is 0 Å². The maximum atomic E-state index is 14.7. The number of piperazine rings is 1. The molecule has 1 spiro atoms. The molecule has 0 aromatic heterocycles. The molecule has 2 N–H and O–H groups in total. The first kappa shape index (κ1) is 28.1. The third-order valence-electron chi connectivity index (χ3n) is 7.51. The first-order valence-corrected chi connectivity index (χ1v) is 17.2. The summed E-state index contributed by atoms with van der Waals surface area (Å²) >= 11 is 0. The van der Waals surface area contributed by atoms with Crippen LogP contribution in [0.1, 0.15) is 22.3 Å². The SMILES string of the molecule is COc1ccc(C(=O)O[C@H]2C=COC=C3C[C@]45SSSS[C@](Cc6ccc(O)cc6)(C(=O)N4[C@@H]32)N(C)C5=O)cc1O. The maximum Gasteiger partial charge on any atom is 0.338 e. The number of likely N-dealkylation sites (N-methyl/N-ethyl adjacent to an activating group) is 1. The highest BCUT2D eigenvalue weighted by molar-refractivity contribution is 9.26. The summed E-state index contributed by atoms with van der Waals surface area (Å²) in [5, 5.41) is 20.0. The average Bonchev–Trinajstić information content (AvgIpc) is 3.17. The molecule has 14 heteroatoms. The number of aromatic hydroxyl groups is 2. The van der Waals surface area contributed by atoms with E-state index in [2.05, 4.69) is 0 Å². The lowest BCUT2D eigenvalue weighted by atomic mass is 9.97. The Kier molecular flexibility index (Phi) is 7.29. The van der Waals surface area contributed by atoms with Gasteiger partial charge in [-0.25, -0.2) is 4.79 Å². The number of hydrogen-bond donors (Lipinski definition) is 2. The molecule has 2 bridgehead atoms. The Morgan fingerprint density at radius 3 is 2.59 bits per heavy atom. The third kappa shape index (κ3) is 4.51. The van der Waals surface area contributed by atoms with Crippen LogP contribution in [0.15, 0.2) is 66.6 Å². The Hall–Kier alpha value is -3.07. The molecular formula is C27H24N2O8S4. The van der Waals surface area contributed by atoms with E-state index in [1.807, 2.05) is 0 Å². The number of esters is 1. The Bertz CT molecular complexity index is 1480. The van der Waals surface area contributed by atoms with Crippen molar-refractivity contribution in [1.29, 1.82) is 0 Å². The number of phenols is 2. The standard InChI is InChI=1S/C27H24N2O8S4/c1-28-24(33)27-13-17-14-36-10-9-21(37-23(32)16-5-8-20(35-2)19(31)11-16)22(17)29(27)25(34)26(28,38-40-41-39-27)12-15-3-6-18(30)7-4-15/h3-11,14,21-22,30-31H,12-13H2,1-2H3/t21-,22-,26+,27+/m0/s1. The van der Waals surface area contributed by atoms with Gasteiger partial charge in [0.15, 0.2) is 21.2 Å². The molecule has 4 atom stereocenters. The highest BCUT2D eigenvalue weighted by Crippen LogP contribution is 2.65. The van der Waals surface area contributed by atoms with E-state index in [9.17, 15) is 24.6 Å². The topological polar surface area (TPSA) is 126 Å². The van der Waals surface area contributed by atoms with Crippen molar-refractivity contribution >= 4 is 59.0 Å². The summed E-state index contributed by atoms with van der Waals surface area (Å²) in [4.78, 5) is 42.8. The van der Waals surface area contributed by atoms with Crippen LogP contribution in [0.2, 0.25) is 0 Å². The van der Waals surface area contributed by atoms with Crippen LogP contribution in [0.25, 0.3) is 0 Å². The summed E-state index contributed by atoms with van der Waals surface area (Å²) in [5.74, 6) is -1.15. The van der Waals surface area contributed by atoms with Crippen molar-refractivity contribution < 1.29 is 38.8 Å². The lowest BCUT2D eigenvalue weighted by Gasteiger charge is -2.55. The number of hydrogen-bond acceptors (Lipinski definition) is 12. The molecule has 4 saturated heterocycles. The molecule has 5 aliphatic heterocycles. The molecule has 214 valence electrons. The first-order valence-electron chi connectivity index (χ1n) is 12.4. The largest absolute Gasteiger partial charge is 0.508 e. The highest BCUT2D eigenvalue weighted by atomic mass is 33.7. The molecule has 0 radical (unpaired) electrons.